The fourth-order valence-electron chi connectivity index (χ4n) is 3.63. The minimum Gasteiger partial charge on any atom is -0.480 e. The van der Waals surface area contributed by atoms with Gasteiger partial charge in [0.05, 0.1) is 12.7 Å². The first-order valence-electron chi connectivity index (χ1n) is 9.48. The molecule has 2 aromatic rings. The molecule has 1 fully saturated rings. The van der Waals surface area contributed by atoms with Gasteiger partial charge >= 0.3 is 12.1 Å². The van der Waals surface area contributed by atoms with Crippen LogP contribution < -0.4 is 0 Å². The van der Waals surface area contributed by atoms with Gasteiger partial charge in [0.15, 0.2) is 6.04 Å². The van der Waals surface area contributed by atoms with Gasteiger partial charge in [-0.15, -0.1) is 0 Å². The topological polar surface area (TPSA) is 76.1 Å². The van der Waals surface area contributed by atoms with E-state index in [4.69, 9.17) is 9.47 Å². The van der Waals surface area contributed by atoms with Crippen molar-refractivity contribution in [3.05, 3.63) is 59.7 Å². The summed E-state index contributed by atoms with van der Waals surface area (Å²) in [6.07, 6.45) is 1.36. The zero-order chi connectivity index (χ0) is 19.7. The van der Waals surface area contributed by atoms with Gasteiger partial charge in [-0.3, -0.25) is 4.90 Å². The van der Waals surface area contributed by atoms with Crippen LogP contribution >= 0.6 is 0 Å². The maximum absolute atomic E-state index is 12.5. The molecule has 1 unspecified atom stereocenters. The van der Waals surface area contributed by atoms with E-state index < -0.39 is 18.1 Å². The summed E-state index contributed by atoms with van der Waals surface area (Å²) < 4.78 is 11.0. The van der Waals surface area contributed by atoms with Gasteiger partial charge in [0.1, 0.15) is 6.61 Å². The number of hydrogen-bond acceptors (Lipinski definition) is 4. The Hall–Kier alpha value is -2.86. The Morgan fingerprint density at radius 1 is 1.07 bits per heavy atom. The summed E-state index contributed by atoms with van der Waals surface area (Å²) in [5, 5.41) is 9.44. The largest absolute Gasteiger partial charge is 0.480 e. The maximum Gasteiger partial charge on any atom is 0.410 e. The van der Waals surface area contributed by atoms with Crippen molar-refractivity contribution in [1.82, 2.24) is 4.90 Å². The lowest BCUT2D eigenvalue weighted by molar-refractivity contribution is -0.144. The summed E-state index contributed by atoms with van der Waals surface area (Å²) in [6, 6.07) is 15.1. The Labute approximate surface area is 163 Å². The molecule has 6 nitrogen and oxygen atoms in total. The third-order valence-electron chi connectivity index (χ3n) is 5.39. The highest BCUT2D eigenvalue weighted by atomic mass is 16.6. The van der Waals surface area contributed by atoms with E-state index in [1.54, 1.807) is 0 Å². The van der Waals surface area contributed by atoms with E-state index in [2.05, 4.69) is 12.1 Å². The third kappa shape index (κ3) is 3.60. The molecule has 0 spiro atoms. The highest BCUT2D eigenvalue weighted by Gasteiger charge is 2.33. The molecule has 1 N–H and O–H groups in total. The number of fused-ring (bicyclic) bond motifs is 3. The molecular formula is C22H23NO5. The van der Waals surface area contributed by atoms with Crippen molar-refractivity contribution in [1.29, 1.82) is 0 Å². The number of nitrogens with zero attached hydrogens (tertiary/aromatic N) is 1. The molecule has 2 aliphatic rings. The first-order chi connectivity index (χ1) is 13.6. The van der Waals surface area contributed by atoms with Gasteiger partial charge in [-0.2, -0.15) is 0 Å². The van der Waals surface area contributed by atoms with Crippen LogP contribution in [0.2, 0.25) is 0 Å². The molecule has 2 aromatic carbocycles. The van der Waals surface area contributed by atoms with E-state index in [0.717, 1.165) is 40.0 Å². The molecular weight excluding hydrogens is 358 g/mol. The number of ether oxygens (including phenoxy) is 2. The van der Waals surface area contributed by atoms with Crippen LogP contribution in [0.1, 0.15) is 29.9 Å². The molecule has 0 radical (unpaired) electrons. The SMILES string of the molecule is CN(C(=O)OCC1c2ccccc2-c2ccccc21)C(COC1CC1)C(=O)O. The Bertz CT molecular complexity index is 847. The average Bonchev–Trinajstić information content (AvgIpc) is 3.47. The molecule has 0 aromatic heterocycles. The molecule has 1 saturated carbocycles. The summed E-state index contributed by atoms with van der Waals surface area (Å²) in [5.41, 5.74) is 4.53. The smallest absolute Gasteiger partial charge is 0.410 e. The molecule has 146 valence electrons. The lowest BCUT2D eigenvalue weighted by Gasteiger charge is -2.25. The summed E-state index contributed by atoms with van der Waals surface area (Å²) in [7, 11) is 1.44. The first-order valence-corrected chi connectivity index (χ1v) is 9.48. The Kier molecular flexibility index (Phi) is 5.05. The van der Waals surface area contributed by atoms with Gasteiger partial charge in [0, 0.05) is 13.0 Å². The molecule has 28 heavy (non-hydrogen) atoms. The van der Waals surface area contributed by atoms with Crippen molar-refractivity contribution in [2.75, 3.05) is 20.3 Å². The number of likely N-dealkylation sites (N-methyl/N-ethyl adjacent to an activating group) is 1. The first kappa shape index (κ1) is 18.5. The Morgan fingerprint density at radius 3 is 2.18 bits per heavy atom. The van der Waals surface area contributed by atoms with Crippen LogP contribution in [-0.2, 0) is 14.3 Å². The fraction of sp³-hybridized carbons (Fsp3) is 0.364. The predicted octanol–water partition coefficient (Wildman–Crippen LogP) is 3.50. The quantitative estimate of drug-likeness (QED) is 0.794. The predicted molar refractivity (Wildman–Crippen MR) is 103 cm³/mol. The van der Waals surface area contributed by atoms with E-state index in [1.165, 1.54) is 7.05 Å². The van der Waals surface area contributed by atoms with Crippen molar-refractivity contribution >= 4 is 12.1 Å². The molecule has 6 heteroatoms. The van der Waals surface area contributed by atoms with Crippen molar-refractivity contribution in [2.45, 2.75) is 30.9 Å². The summed E-state index contributed by atoms with van der Waals surface area (Å²) in [6.45, 7) is 0.133. The van der Waals surface area contributed by atoms with Crippen LogP contribution in [0, 0.1) is 0 Å². The molecule has 0 saturated heterocycles. The van der Waals surface area contributed by atoms with E-state index in [9.17, 15) is 14.7 Å². The van der Waals surface area contributed by atoms with Crippen LogP contribution in [0.4, 0.5) is 4.79 Å². The molecule has 1 amide bonds. The number of aliphatic carboxylic acids is 1. The standard InChI is InChI=1S/C22H23NO5/c1-23(20(21(24)25)13-27-14-10-11-14)22(26)28-12-19-17-8-4-2-6-15(17)16-7-3-5-9-18(16)19/h2-9,14,19-20H,10-13H2,1H3,(H,24,25). The lowest BCUT2D eigenvalue weighted by atomic mass is 9.98. The van der Waals surface area contributed by atoms with Gasteiger partial charge in [-0.05, 0) is 35.1 Å². The van der Waals surface area contributed by atoms with Crippen molar-refractivity contribution in [3.8, 4) is 11.1 Å². The van der Waals surface area contributed by atoms with Crippen molar-refractivity contribution in [2.24, 2.45) is 0 Å². The zero-order valence-electron chi connectivity index (χ0n) is 15.7. The highest BCUT2D eigenvalue weighted by Crippen LogP contribution is 2.44. The molecule has 1 atom stereocenters. The van der Waals surface area contributed by atoms with Gasteiger partial charge in [-0.1, -0.05) is 48.5 Å². The van der Waals surface area contributed by atoms with E-state index in [1.807, 2.05) is 36.4 Å². The number of carbonyl (C=O) groups excluding carboxylic acids is 1. The van der Waals surface area contributed by atoms with E-state index in [0.29, 0.717) is 0 Å². The van der Waals surface area contributed by atoms with Crippen molar-refractivity contribution in [3.63, 3.8) is 0 Å². The number of rotatable bonds is 7. The zero-order valence-corrected chi connectivity index (χ0v) is 15.7. The van der Waals surface area contributed by atoms with Crippen LogP contribution in [0.15, 0.2) is 48.5 Å². The minimum atomic E-state index is -1.10. The van der Waals surface area contributed by atoms with Gasteiger partial charge in [0.25, 0.3) is 0 Å². The van der Waals surface area contributed by atoms with Crippen LogP contribution in [0.3, 0.4) is 0 Å². The summed E-state index contributed by atoms with van der Waals surface area (Å²) in [4.78, 5) is 25.2. The molecule has 0 aliphatic heterocycles. The fourth-order valence-corrected chi connectivity index (χ4v) is 3.63. The van der Waals surface area contributed by atoms with Crippen LogP contribution in [0.25, 0.3) is 11.1 Å². The third-order valence-corrected chi connectivity index (χ3v) is 5.39. The van der Waals surface area contributed by atoms with Crippen molar-refractivity contribution < 1.29 is 24.2 Å². The van der Waals surface area contributed by atoms with E-state index in [-0.39, 0.29) is 25.2 Å². The number of benzene rings is 2. The second-order valence-corrected chi connectivity index (χ2v) is 7.30. The van der Waals surface area contributed by atoms with Crippen LogP contribution in [-0.4, -0.2) is 54.5 Å². The van der Waals surface area contributed by atoms with E-state index >= 15 is 0 Å². The molecule has 4 rings (SSSR count). The van der Waals surface area contributed by atoms with Crippen LogP contribution in [0.5, 0.6) is 0 Å². The lowest BCUT2D eigenvalue weighted by Crippen LogP contribution is -2.46. The Morgan fingerprint density at radius 2 is 1.64 bits per heavy atom. The van der Waals surface area contributed by atoms with Gasteiger partial charge in [-0.25, -0.2) is 9.59 Å². The molecule has 2 aliphatic carbocycles. The number of hydrogen-bond donors (Lipinski definition) is 1. The summed E-state index contributed by atoms with van der Waals surface area (Å²) >= 11 is 0. The number of amides is 1. The van der Waals surface area contributed by atoms with Gasteiger partial charge in [0.2, 0.25) is 0 Å². The monoisotopic (exact) mass is 381 g/mol. The normalized spacial score (nSPS) is 16.2. The number of carboxylic acid groups (broad SMARTS) is 1. The van der Waals surface area contributed by atoms with Gasteiger partial charge < -0.3 is 14.6 Å². The average molecular weight is 381 g/mol. The highest BCUT2D eigenvalue weighted by molar-refractivity contribution is 5.81. The minimum absolute atomic E-state index is 0.0271. The summed E-state index contributed by atoms with van der Waals surface area (Å²) in [5.74, 6) is -1.16. The molecule has 0 heterocycles. The number of carbonyl (C=O) groups is 2. The maximum atomic E-state index is 12.5. The molecule has 0 bridgehead atoms. The second-order valence-electron chi connectivity index (χ2n) is 7.30. The Balaban J connectivity index is 1.44. The number of carboxylic acids is 1. The second kappa shape index (κ2) is 7.64.